The molecule has 0 amide bonds. The standard InChI is InChI=1S/C16H23ClN2O3S/c1-11-15-12(8-14(17)18-11)13(16(20)21-2)9-19(15)10-22-6-7-23(3,4)5/h8-9H,6-7,10H2,1-5H3. The van der Waals surface area contributed by atoms with Crippen LogP contribution in [-0.4, -0.2) is 53.8 Å². The number of pyridine rings is 1. The Bertz CT molecular complexity index is 722. The van der Waals surface area contributed by atoms with Gasteiger partial charge < -0.3 is 14.0 Å². The van der Waals surface area contributed by atoms with Crippen molar-refractivity contribution >= 4 is 38.5 Å². The van der Waals surface area contributed by atoms with Crippen LogP contribution in [0.4, 0.5) is 0 Å². The lowest BCUT2D eigenvalue weighted by atomic mass is 10.2. The minimum absolute atomic E-state index is 0.357. The first-order chi connectivity index (χ1) is 10.7. The van der Waals surface area contributed by atoms with E-state index in [0.717, 1.165) is 22.3 Å². The summed E-state index contributed by atoms with van der Waals surface area (Å²) in [5.74, 6) is 0.647. The number of aromatic nitrogens is 2. The number of aryl methyl sites for hydroxylation is 1. The number of methoxy groups -OCH3 is 1. The van der Waals surface area contributed by atoms with Crippen molar-refractivity contribution in [3.8, 4) is 0 Å². The van der Waals surface area contributed by atoms with E-state index in [-0.39, 0.29) is 0 Å². The molecule has 5 nitrogen and oxygen atoms in total. The molecule has 0 atom stereocenters. The molecule has 0 aliphatic rings. The van der Waals surface area contributed by atoms with Crippen LogP contribution in [0.3, 0.4) is 0 Å². The Kier molecular flexibility index (Phi) is 5.60. The lowest BCUT2D eigenvalue weighted by Crippen LogP contribution is -2.10. The van der Waals surface area contributed by atoms with Crippen molar-refractivity contribution in [2.45, 2.75) is 13.7 Å². The summed E-state index contributed by atoms with van der Waals surface area (Å²) < 4.78 is 12.5. The van der Waals surface area contributed by atoms with Gasteiger partial charge in [-0.15, -0.1) is 0 Å². The van der Waals surface area contributed by atoms with E-state index in [9.17, 15) is 4.79 Å². The van der Waals surface area contributed by atoms with Gasteiger partial charge in [0.2, 0.25) is 0 Å². The van der Waals surface area contributed by atoms with Crippen LogP contribution < -0.4 is 0 Å². The average Bonchev–Trinajstić information content (AvgIpc) is 2.80. The van der Waals surface area contributed by atoms with E-state index in [1.807, 2.05) is 11.5 Å². The van der Waals surface area contributed by atoms with Gasteiger partial charge in [-0.25, -0.2) is 19.8 Å². The largest absolute Gasteiger partial charge is 0.465 e. The molecular weight excluding hydrogens is 336 g/mol. The summed E-state index contributed by atoms with van der Waals surface area (Å²) in [5.41, 5.74) is 2.07. The maximum atomic E-state index is 12.0. The van der Waals surface area contributed by atoms with E-state index < -0.39 is 16.0 Å². The third kappa shape index (κ3) is 4.40. The summed E-state index contributed by atoms with van der Waals surface area (Å²) in [4.78, 5) is 16.3. The van der Waals surface area contributed by atoms with Crippen LogP contribution in [0, 0.1) is 6.92 Å². The van der Waals surface area contributed by atoms with Gasteiger partial charge in [0.05, 0.1) is 30.5 Å². The molecule has 0 N–H and O–H groups in total. The van der Waals surface area contributed by atoms with Gasteiger partial charge in [-0.05, 0) is 31.8 Å². The molecule has 0 aliphatic carbocycles. The molecule has 23 heavy (non-hydrogen) atoms. The first-order valence-electron chi connectivity index (χ1n) is 7.21. The van der Waals surface area contributed by atoms with Crippen LogP contribution >= 0.6 is 21.6 Å². The van der Waals surface area contributed by atoms with Crippen LogP contribution in [0.1, 0.15) is 16.1 Å². The van der Waals surface area contributed by atoms with Crippen molar-refractivity contribution < 1.29 is 14.3 Å². The second kappa shape index (κ2) is 7.11. The zero-order valence-electron chi connectivity index (χ0n) is 14.2. The second-order valence-corrected chi connectivity index (χ2v) is 11.2. The van der Waals surface area contributed by atoms with Gasteiger partial charge >= 0.3 is 5.97 Å². The normalized spacial score (nSPS) is 12.6. The summed E-state index contributed by atoms with van der Waals surface area (Å²) in [5, 5.41) is 1.09. The highest BCUT2D eigenvalue weighted by Gasteiger charge is 2.18. The number of hydrogen-bond acceptors (Lipinski definition) is 4. The molecule has 0 spiro atoms. The summed E-state index contributed by atoms with van der Waals surface area (Å²) in [6, 6.07) is 1.69. The average molecular weight is 359 g/mol. The van der Waals surface area contributed by atoms with E-state index in [1.54, 1.807) is 12.3 Å². The van der Waals surface area contributed by atoms with Crippen molar-refractivity contribution in [3.05, 3.63) is 28.7 Å². The van der Waals surface area contributed by atoms with Crippen molar-refractivity contribution in [1.82, 2.24) is 9.55 Å². The van der Waals surface area contributed by atoms with Gasteiger partial charge in [0.1, 0.15) is 11.9 Å². The van der Waals surface area contributed by atoms with Crippen molar-refractivity contribution in [3.63, 3.8) is 0 Å². The van der Waals surface area contributed by atoms with Gasteiger partial charge in [-0.3, -0.25) is 0 Å². The molecule has 128 valence electrons. The number of rotatable bonds is 6. The molecule has 0 radical (unpaired) electrons. The minimum Gasteiger partial charge on any atom is -0.465 e. The maximum absolute atomic E-state index is 12.0. The van der Waals surface area contributed by atoms with E-state index in [4.69, 9.17) is 21.1 Å². The number of halogens is 1. The topological polar surface area (TPSA) is 53.4 Å². The highest BCUT2D eigenvalue weighted by atomic mass is 35.5. The first kappa shape index (κ1) is 18.1. The Morgan fingerprint density at radius 3 is 2.70 bits per heavy atom. The Hall–Kier alpha value is -1.24. The zero-order chi connectivity index (χ0) is 17.2. The fourth-order valence-electron chi connectivity index (χ4n) is 2.33. The molecule has 2 aromatic rings. The zero-order valence-corrected chi connectivity index (χ0v) is 15.8. The quantitative estimate of drug-likeness (QED) is 0.451. The number of ether oxygens (including phenoxy) is 2. The molecule has 2 rings (SSSR count). The number of carbonyl (C=O) groups is 1. The highest BCUT2D eigenvalue weighted by molar-refractivity contribution is 8.32. The Morgan fingerprint density at radius 1 is 1.39 bits per heavy atom. The molecule has 0 aliphatic heterocycles. The SMILES string of the molecule is COC(=O)c1cn(COCCS(C)(C)C)c2c(C)nc(Cl)cc12. The highest BCUT2D eigenvalue weighted by Crippen LogP contribution is 2.33. The Labute approximate surface area is 143 Å². The number of carbonyl (C=O) groups excluding carboxylic acids is 1. The van der Waals surface area contributed by atoms with Gasteiger partial charge in [0.25, 0.3) is 0 Å². The van der Waals surface area contributed by atoms with Crippen molar-refractivity contribution in [1.29, 1.82) is 0 Å². The molecule has 0 bridgehead atoms. The smallest absolute Gasteiger partial charge is 0.340 e. The van der Waals surface area contributed by atoms with E-state index in [2.05, 4.69) is 23.8 Å². The number of esters is 1. The molecule has 0 unspecified atom stereocenters. The van der Waals surface area contributed by atoms with Gasteiger partial charge in [-0.2, -0.15) is 0 Å². The van der Waals surface area contributed by atoms with E-state index in [0.29, 0.717) is 24.1 Å². The maximum Gasteiger partial charge on any atom is 0.340 e. The fourth-order valence-corrected chi connectivity index (χ4v) is 3.19. The molecule has 0 fully saturated rings. The number of fused-ring (bicyclic) bond motifs is 1. The van der Waals surface area contributed by atoms with Crippen molar-refractivity contribution in [2.24, 2.45) is 0 Å². The summed E-state index contributed by atoms with van der Waals surface area (Å²) >= 11 is 6.03. The summed E-state index contributed by atoms with van der Waals surface area (Å²) in [6.45, 7) is 2.92. The molecule has 0 saturated heterocycles. The van der Waals surface area contributed by atoms with Crippen LogP contribution in [0.25, 0.3) is 10.9 Å². The third-order valence-corrected chi connectivity index (χ3v) is 5.06. The van der Waals surface area contributed by atoms with E-state index >= 15 is 0 Å². The lowest BCUT2D eigenvalue weighted by Gasteiger charge is -2.24. The second-order valence-electron chi connectivity index (χ2n) is 6.26. The first-order valence-corrected chi connectivity index (χ1v) is 10.6. The van der Waals surface area contributed by atoms with Crippen molar-refractivity contribution in [2.75, 3.05) is 38.2 Å². The molecule has 7 heteroatoms. The predicted molar refractivity (Wildman–Crippen MR) is 97.0 cm³/mol. The Balaban J connectivity index is 2.31. The lowest BCUT2D eigenvalue weighted by molar-refractivity contribution is 0.0601. The van der Waals surface area contributed by atoms with Crippen LogP contribution in [-0.2, 0) is 16.2 Å². The fraction of sp³-hybridized carbons (Fsp3) is 0.500. The van der Waals surface area contributed by atoms with Gasteiger partial charge in [0, 0.05) is 17.3 Å². The van der Waals surface area contributed by atoms with Gasteiger partial charge in [0.15, 0.2) is 0 Å². The summed E-state index contributed by atoms with van der Waals surface area (Å²) in [7, 11) is 0.780. The molecule has 2 heterocycles. The number of nitrogens with zero attached hydrogens (tertiary/aromatic N) is 2. The molecule has 0 aromatic carbocycles. The third-order valence-electron chi connectivity index (χ3n) is 3.47. The molecule has 2 aromatic heterocycles. The predicted octanol–water partition coefficient (Wildman–Crippen LogP) is 3.45. The van der Waals surface area contributed by atoms with E-state index in [1.165, 1.54) is 7.11 Å². The minimum atomic E-state index is -0.585. The molecule has 0 saturated carbocycles. The monoisotopic (exact) mass is 358 g/mol. The Morgan fingerprint density at radius 2 is 2.09 bits per heavy atom. The molecular formula is C16H23ClN2O3S. The number of hydrogen-bond donors (Lipinski definition) is 0. The van der Waals surface area contributed by atoms with Crippen LogP contribution in [0.5, 0.6) is 0 Å². The van der Waals surface area contributed by atoms with Gasteiger partial charge in [-0.1, -0.05) is 11.6 Å². The summed E-state index contributed by atoms with van der Waals surface area (Å²) in [6.07, 6.45) is 8.51. The van der Waals surface area contributed by atoms with Crippen LogP contribution in [0.2, 0.25) is 5.15 Å². The van der Waals surface area contributed by atoms with Crippen LogP contribution in [0.15, 0.2) is 12.3 Å².